The van der Waals surface area contributed by atoms with Gasteiger partial charge in [-0.2, -0.15) is 0 Å². The third-order valence-electron chi connectivity index (χ3n) is 2.80. The first-order chi connectivity index (χ1) is 5.31. The molecule has 0 bridgehead atoms. The zero-order chi connectivity index (χ0) is 7.73. The van der Waals surface area contributed by atoms with Crippen LogP contribution in [0.25, 0.3) is 0 Å². The zero-order valence-electron chi connectivity index (χ0n) is 7.23. The Morgan fingerprint density at radius 2 is 2.00 bits per heavy atom. The molecule has 0 radical (unpaired) electrons. The molecule has 64 valence electrons. The van der Waals surface area contributed by atoms with Gasteiger partial charge in [0.05, 0.1) is 6.10 Å². The molecule has 2 aliphatic rings. The third-order valence-corrected chi connectivity index (χ3v) is 2.80. The van der Waals surface area contributed by atoms with Gasteiger partial charge in [0.15, 0.2) is 0 Å². The minimum Gasteiger partial charge on any atom is -0.356 e. The predicted molar refractivity (Wildman–Crippen MR) is 44.4 cm³/mol. The second kappa shape index (κ2) is 2.76. The molecule has 2 fully saturated rings. The maximum absolute atomic E-state index is 5.88. The van der Waals surface area contributed by atoms with Crippen molar-refractivity contribution in [2.75, 3.05) is 6.54 Å². The van der Waals surface area contributed by atoms with Crippen LogP contribution in [0.5, 0.6) is 0 Å². The number of rotatable bonds is 0. The highest BCUT2D eigenvalue weighted by Crippen LogP contribution is 2.33. The van der Waals surface area contributed by atoms with E-state index in [0.29, 0.717) is 6.10 Å². The molecule has 1 spiro atoms. The van der Waals surface area contributed by atoms with Crippen LogP contribution in [-0.4, -0.2) is 18.4 Å². The van der Waals surface area contributed by atoms with E-state index in [1.807, 2.05) is 0 Å². The molecule has 1 N–H and O–H groups in total. The van der Waals surface area contributed by atoms with Gasteiger partial charge in [0.2, 0.25) is 0 Å². The Labute approximate surface area is 68.3 Å². The van der Waals surface area contributed by atoms with Gasteiger partial charge in [0.1, 0.15) is 5.72 Å². The molecule has 0 aromatic carbocycles. The summed E-state index contributed by atoms with van der Waals surface area (Å²) >= 11 is 0. The van der Waals surface area contributed by atoms with Crippen LogP contribution in [0.4, 0.5) is 0 Å². The minimum atomic E-state index is 0.0949. The van der Waals surface area contributed by atoms with Crippen LogP contribution in [0.3, 0.4) is 0 Å². The van der Waals surface area contributed by atoms with Crippen LogP contribution >= 0.6 is 0 Å². The quantitative estimate of drug-likeness (QED) is 0.574. The Bertz CT molecular complexity index is 135. The summed E-state index contributed by atoms with van der Waals surface area (Å²) < 4.78 is 5.88. The molecule has 1 atom stereocenters. The lowest BCUT2D eigenvalue weighted by atomic mass is 9.92. The monoisotopic (exact) mass is 155 g/mol. The average molecular weight is 155 g/mol. The first-order valence-corrected chi connectivity index (χ1v) is 4.74. The molecule has 1 aliphatic carbocycles. The van der Waals surface area contributed by atoms with Gasteiger partial charge < -0.3 is 4.74 Å². The summed E-state index contributed by atoms with van der Waals surface area (Å²) in [5.41, 5.74) is 0.0949. The van der Waals surface area contributed by atoms with E-state index >= 15 is 0 Å². The van der Waals surface area contributed by atoms with Crippen LogP contribution in [-0.2, 0) is 4.74 Å². The summed E-state index contributed by atoms with van der Waals surface area (Å²) in [7, 11) is 0. The number of nitrogens with one attached hydrogen (secondary N) is 1. The van der Waals surface area contributed by atoms with Crippen molar-refractivity contribution in [1.29, 1.82) is 0 Å². The largest absolute Gasteiger partial charge is 0.356 e. The Balaban J connectivity index is 1.98. The number of hydrogen-bond acceptors (Lipinski definition) is 2. The SMILES string of the molecule is C[C@@H]1CNC2(CCCCC2)O1. The molecule has 2 rings (SSSR count). The first-order valence-electron chi connectivity index (χ1n) is 4.74. The molecule has 1 aliphatic heterocycles. The number of hydrogen-bond donors (Lipinski definition) is 1. The van der Waals surface area contributed by atoms with E-state index in [2.05, 4.69) is 12.2 Å². The second-order valence-corrected chi connectivity index (χ2v) is 3.86. The molecule has 2 nitrogen and oxygen atoms in total. The molecule has 1 saturated heterocycles. The van der Waals surface area contributed by atoms with Gasteiger partial charge in [-0.25, -0.2) is 0 Å². The fraction of sp³-hybridized carbons (Fsp3) is 1.00. The number of ether oxygens (including phenoxy) is 1. The van der Waals surface area contributed by atoms with E-state index in [-0.39, 0.29) is 5.72 Å². The molecule has 0 aromatic heterocycles. The van der Waals surface area contributed by atoms with Crippen LogP contribution in [0.2, 0.25) is 0 Å². The molecular formula is C9H17NO. The van der Waals surface area contributed by atoms with Crippen molar-refractivity contribution in [1.82, 2.24) is 5.32 Å². The van der Waals surface area contributed by atoms with E-state index in [1.54, 1.807) is 0 Å². The van der Waals surface area contributed by atoms with Crippen molar-refractivity contribution in [3.63, 3.8) is 0 Å². The average Bonchev–Trinajstić information content (AvgIpc) is 2.34. The lowest BCUT2D eigenvalue weighted by Gasteiger charge is -2.32. The van der Waals surface area contributed by atoms with E-state index < -0.39 is 0 Å². The van der Waals surface area contributed by atoms with Gasteiger partial charge in [-0.1, -0.05) is 6.42 Å². The summed E-state index contributed by atoms with van der Waals surface area (Å²) in [5, 5.41) is 3.50. The summed E-state index contributed by atoms with van der Waals surface area (Å²) in [6.45, 7) is 3.19. The fourth-order valence-electron chi connectivity index (χ4n) is 2.22. The van der Waals surface area contributed by atoms with Gasteiger partial charge in [-0.3, -0.25) is 5.32 Å². The molecule has 0 amide bonds. The Kier molecular flexibility index (Phi) is 1.90. The lowest BCUT2D eigenvalue weighted by Crippen LogP contribution is -2.42. The normalized spacial score (nSPS) is 36.3. The smallest absolute Gasteiger partial charge is 0.119 e. The van der Waals surface area contributed by atoms with Crippen LogP contribution in [0, 0.1) is 0 Å². The minimum absolute atomic E-state index is 0.0949. The summed E-state index contributed by atoms with van der Waals surface area (Å²) in [6, 6.07) is 0. The van der Waals surface area contributed by atoms with Crippen molar-refractivity contribution < 1.29 is 4.74 Å². The van der Waals surface area contributed by atoms with Crippen LogP contribution in [0.1, 0.15) is 39.0 Å². The maximum Gasteiger partial charge on any atom is 0.119 e. The van der Waals surface area contributed by atoms with Crippen molar-refractivity contribution in [2.24, 2.45) is 0 Å². The molecule has 2 heteroatoms. The highest BCUT2D eigenvalue weighted by atomic mass is 16.5. The lowest BCUT2D eigenvalue weighted by molar-refractivity contribution is -0.0675. The Hall–Kier alpha value is -0.0800. The third kappa shape index (κ3) is 1.42. The molecule has 0 unspecified atom stereocenters. The van der Waals surface area contributed by atoms with E-state index in [1.165, 1.54) is 32.1 Å². The maximum atomic E-state index is 5.88. The molecule has 0 aromatic rings. The fourth-order valence-corrected chi connectivity index (χ4v) is 2.22. The van der Waals surface area contributed by atoms with Crippen LogP contribution < -0.4 is 5.32 Å². The van der Waals surface area contributed by atoms with Gasteiger partial charge in [-0.15, -0.1) is 0 Å². The van der Waals surface area contributed by atoms with Gasteiger partial charge >= 0.3 is 0 Å². The standard InChI is InChI=1S/C9H17NO/c1-8-7-10-9(11-8)5-3-2-4-6-9/h8,10H,2-7H2,1H3/t8-/m1/s1. The highest BCUT2D eigenvalue weighted by Gasteiger charge is 2.38. The molecule has 1 heterocycles. The van der Waals surface area contributed by atoms with Crippen molar-refractivity contribution in [3.8, 4) is 0 Å². The highest BCUT2D eigenvalue weighted by molar-refractivity contribution is 4.88. The first kappa shape index (κ1) is 7.56. The molecule has 1 saturated carbocycles. The van der Waals surface area contributed by atoms with Crippen LogP contribution in [0.15, 0.2) is 0 Å². The zero-order valence-corrected chi connectivity index (χ0v) is 7.23. The van der Waals surface area contributed by atoms with E-state index in [4.69, 9.17) is 4.74 Å². The van der Waals surface area contributed by atoms with Gasteiger partial charge in [-0.05, 0) is 32.6 Å². The topological polar surface area (TPSA) is 21.3 Å². The second-order valence-electron chi connectivity index (χ2n) is 3.86. The summed E-state index contributed by atoms with van der Waals surface area (Å²) in [5.74, 6) is 0. The van der Waals surface area contributed by atoms with Crippen molar-refractivity contribution in [2.45, 2.75) is 50.9 Å². The van der Waals surface area contributed by atoms with Crippen molar-refractivity contribution >= 4 is 0 Å². The van der Waals surface area contributed by atoms with E-state index in [0.717, 1.165) is 6.54 Å². The Morgan fingerprint density at radius 3 is 2.55 bits per heavy atom. The summed E-state index contributed by atoms with van der Waals surface area (Å²) in [4.78, 5) is 0. The van der Waals surface area contributed by atoms with Gasteiger partial charge in [0.25, 0.3) is 0 Å². The Morgan fingerprint density at radius 1 is 1.27 bits per heavy atom. The van der Waals surface area contributed by atoms with Gasteiger partial charge in [0, 0.05) is 6.54 Å². The summed E-state index contributed by atoms with van der Waals surface area (Å²) in [6.07, 6.45) is 6.92. The van der Waals surface area contributed by atoms with Crippen molar-refractivity contribution in [3.05, 3.63) is 0 Å². The molecule has 11 heavy (non-hydrogen) atoms. The molecular weight excluding hydrogens is 138 g/mol. The predicted octanol–water partition coefficient (Wildman–Crippen LogP) is 1.66. The van der Waals surface area contributed by atoms with E-state index in [9.17, 15) is 0 Å².